The second kappa shape index (κ2) is 9.64. The molecule has 0 spiro atoms. The van der Waals surface area contributed by atoms with Crippen molar-refractivity contribution in [2.24, 2.45) is 0 Å². The number of hydrogen-bond donors (Lipinski definition) is 4. The Morgan fingerprint density at radius 3 is 2.91 bits per heavy atom. The smallest absolute Gasteiger partial charge is 0.236 e. The molecule has 2 unspecified atom stereocenters. The van der Waals surface area contributed by atoms with Gasteiger partial charge in [-0.25, -0.2) is 14.6 Å². The van der Waals surface area contributed by atoms with E-state index in [1.54, 1.807) is 24.5 Å². The molecule has 11 heteroatoms. The van der Waals surface area contributed by atoms with Crippen LogP contribution in [0.3, 0.4) is 0 Å². The van der Waals surface area contributed by atoms with Crippen LogP contribution in [0.1, 0.15) is 18.1 Å². The van der Waals surface area contributed by atoms with Gasteiger partial charge in [0.15, 0.2) is 0 Å². The summed E-state index contributed by atoms with van der Waals surface area (Å²) < 4.78 is 12.0. The molecule has 4 rings (SSSR count). The van der Waals surface area contributed by atoms with Crippen molar-refractivity contribution in [1.29, 1.82) is 5.26 Å². The number of nitrogens with one attached hydrogen (secondary N) is 2. The minimum Gasteiger partial charge on any atom is -0.480 e. The summed E-state index contributed by atoms with van der Waals surface area (Å²) in [5.41, 5.74) is 3.54. The molecule has 2 aromatic heterocycles. The van der Waals surface area contributed by atoms with Gasteiger partial charge in [0.2, 0.25) is 11.8 Å². The van der Waals surface area contributed by atoms with Gasteiger partial charge in [0.05, 0.1) is 56.1 Å². The maximum atomic E-state index is 10.0. The van der Waals surface area contributed by atoms with Crippen LogP contribution in [-0.4, -0.2) is 70.0 Å². The summed E-state index contributed by atoms with van der Waals surface area (Å²) in [6.45, 7) is 2.84. The van der Waals surface area contributed by atoms with Gasteiger partial charge in [-0.1, -0.05) is 6.92 Å². The highest BCUT2D eigenvalue weighted by atomic mass is 16.5. The van der Waals surface area contributed by atoms with Gasteiger partial charge in [-0.15, -0.1) is 0 Å². The number of benzene rings is 1. The van der Waals surface area contributed by atoms with Gasteiger partial charge in [0.25, 0.3) is 0 Å². The van der Waals surface area contributed by atoms with Gasteiger partial charge in [-0.3, -0.25) is 0 Å². The number of aliphatic hydroxyl groups is 2. The second-order valence-corrected chi connectivity index (χ2v) is 8.38. The van der Waals surface area contributed by atoms with E-state index in [9.17, 15) is 15.5 Å². The fourth-order valence-corrected chi connectivity index (χ4v) is 4.01. The van der Waals surface area contributed by atoms with Crippen LogP contribution in [0.15, 0.2) is 30.6 Å². The summed E-state index contributed by atoms with van der Waals surface area (Å²) in [5.74, 6) is 0.730. The number of anilines is 3. The zero-order valence-corrected chi connectivity index (χ0v) is 19.2. The van der Waals surface area contributed by atoms with Crippen LogP contribution in [0, 0.1) is 11.3 Å². The van der Waals surface area contributed by atoms with Crippen LogP contribution in [0.25, 0.3) is 11.3 Å². The molecule has 3 aromatic rings. The maximum Gasteiger partial charge on any atom is 0.236 e. The summed E-state index contributed by atoms with van der Waals surface area (Å²) in [6, 6.07) is 7.72. The summed E-state index contributed by atoms with van der Waals surface area (Å²) in [5, 5.41) is 40.2. The van der Waals surface area contributed by atoms with E-state index in [-0.39, 0.29) is 19.8 Å². The molecule has 1 aromatic carbocycles. The predicted molar refractivity (Wildman–Crippen MR) is 125 cm³/mol. The Bertz CT molecular complexity index is 1220. The SMILES string of the molecule is COCC(O)Cn1ncc(Nc2nccc(-c3cc(C#N)c4c(c3)C(C)(CO)CN4)n2)c1OC. The van der Waals surface area contributed by atoms with Crippen molar-refractivity contribution in [3.8, 4) is 23.2 Å². The Morgan fingerprint density at radius 2 is 2.21 bits per heavy atom. The van der Waals surface area contributed by atoms with E-state index in [4.69, 9.17) is 9.47 Å². The van der Waals surface area contributed by atoms with Crippen molar-refractivity contribution in [3.05, 3.63) is 41.7 Å². The fourth-order valence-electron chi connectivity index (χ4n) is 4.01. The predicted octanol–water partition coefficient (Wildman–Crippen LogP) is 1.65. The van der Waals surface area contributed by atoms with E-state index in [0.29, 0.717) is 35.3 Å². The quantitative estimate of drug-likeness (QED) is 0.367. The molecule has 1 aliphatic heterocycles. The molecule has 0 bridgehead atoms. The molecule has 34 heavy (non-hydrogen) atoms. The highest BCUT2D eigenvalue weighted by Gasteiger charge is 2.36. The van der Waals surface area contributed by atoms with Gasteiger partial charge < -0.3 is 30.3 Å². The number of ether oxygens (including phenoxy) is 2. The van der Waals surface area contributed by atoms with Crippen LogP contribution < -0.4 is 15.4 Å². The first-order chi connectivity index (χ1) is 16.4. The minimum absolute atomic E-state index is 0.0409. The topological polar surface area (TPSA) is 150 Å². The third kappa shape index (κ3) is 4.38. The lowest BCUT2D eigenvalue weighted by molar-refractivity contribution is 0.0498. The molecular formula is C23H27N7O4. The molecule has 0 saturated carbocycles. The van der Waals surface area contributed by atoms with Gasteiger partial charge in [0.1, 0.15) is 11.8 Å². The van der Waals surface area contributed by atoms with E-state index >= 15 is 0 Å². The third-order valence-corrected chi connectivity index (χ3v) is 5.84. The monoisotopic (exact) mass is 465 g/mol. The Kier molecular flexibility index (Phi) is 6.65. The van der Waals surface area contributed by atoms with Crippen molar-refractivity contribution in [3.63, 3.8) is 0 Å². The summed E-state index contributed by atoms with van der Waals surface area (Å²) in [7, 11) is 3.03. The molecule has 178 valence electrons. The number of rotatable bonds is 9. The molecule has 3 heterocycles. The van der Waals surface area contributed by atoms with E-state index in [1.165, 1.54) is 18.9 Å². The Morgan fingerprint density at radius 1 is 1.38 bits per heavy atom. The number of aliphatic hydroxyl groups excluding tert-OH is 2. The molecule has 2 atom stereocenters. The Hall–Kier alpha value is -3.72. The van der Waals surface area contributed by atoms with Gasteiger partial charge in [-0.05, 0) is 23.8 Å². The van der Waals surface area contributed by atoms with Crippen LogP contribution >= 0.6 is 0 Å². The average Bonchev–Trinajstić information content (AvgIpc) is 3.39. The van der Waals surface area contributed by atoms with Crippen LogP contribution in [0.5, 0.6) is 5.88 Å². The Balaban J connectivity index is 1.64. The lowest BCUT2D eigenvalue weighted by Gasteiger charge is -2.21. The van der Waals surface area contributed by atoms with Crippen molar-refractivity contribution < 1.29 is 19.7 Å². The zero-order chi connectivity index (χ0) is 24.3. The molecule has 0 amide bonds. The second-order valence-electron chi connectivity index (χ2n) is 8.38. The molecule has 11 nitrogen and oxygen atoms in total. The van der Waals surface area contributed by atoms with Crippen LogP contribution in [-0.2, 0) is 16.7 Å². The van der Waals surface area contributed by atoms with E-state index in [1.807, 2.05) is 13.0 Å². The standard InChI is InChI=1S/C23H27N7O4/c1-23(13-31)12-26-20-15(8-24)6-14(7-17(20)23)18-4-5-25-22(28-18)29-19-9-27-30(21(19)34-3)10-16(32)11-33-2/h4-7,9,16,26,31-32H,10-13H2,1-3H3,(H,25,28,29). The fraction of sp³-hybridized carbons (Fsp3) is 0.391. The normalized spacial score (nSPS) is 17.5. The number of aromatic nitrogens is 4. The Labute approximate surface area is 197 Å². The van der Waals surface area contributed by atoms with Gasteiger partial charge in [0, 0.05) is 30.8 Å². The molecule has 1 aliphatic rings. The van der Waals surface area contributed by atoms with E-state index in [2.05, 4.69) is 31.8 Å². The molecule has 0 fully saturated rings. The number of nitrogens with zero attached hydrogens (tertiary/aromatic N) is 5. The summed E-state index contributed by atoms with van der Waals surface area (Å²) in [6.07, 6.45) is 2.45. The van der Waals surface area contributed by atoms with Crippen LogP contribution in [0.2, 0.25) is 0 Å². The van der Waals surface area contributed by atoms with E-state index < -0.39 is 11.5 Å². The maximum absolute atomic E-state index is 10.0. The highest BCUT2D eigenvalue weighted by molar-refractivity contribution is 5.76. The summed E-state index contributed by atoms with van der Waals surface area (Å²) in [4.78, 5) is 8.90. The number of nitriles is 1. The molecule has 0 radical (unpaired) electrons. The first-order valence-corrected chi connectivity index (χ1v) is 10.7. The molecule has 0 aliphatic carbocycles. The first kappa shape index (κ1) is 23.4. The lowest BCUT2D eigenvalue weighted by Crippen LogP contribution is -2.28. The largest absolute Gasteiger partial charge is 0.480 e. The van der Waals surface area contributed by atoms with Gasteiger partial charge in [-0.2, -0.15) is 10.4 Å². The molecule has 4 N–H and O–H groups in total. The number of fused-ring (bicyclic) bond motifs is 1. The number of methoxy groups -OCH3 is 2. The minimum atomic E-state index is -0.737. The van der Waals surface area contributed by atoms with Crippen molar-refractivity contribution >= 4 is 17.3 Å². The van der Waals surface area contributed by atoms with Crippen molar-refractivity contribution in [2.75, 3.05) is 44.6 Å². The van der Waals surface area contributed by atoms with Crippen molar-refractivity contribution in [2.45, 2.75) is 25.0 Å². The van der Waals surface area contributed by atoms with Crippen LogP contribution in [0.4, 0.5) is 17.3 Å². The molecular weight excluding hydrogens is 438 g/mol. The highest BCUT2D eigenvalue weighted by Crippen LogP contribution is 2.41. The van der Waals surface area contributed by atoms with E-state index in [0.717, 1.165) is 16.8 Å². The summed E-state index contributed by atoms with van der Waals surface area (Å²) >= 11 is 0. The van der Waals surface area contributed by atoms with Crippen molar-refractivity contribution in [1.82, 2.24) is 19.7 Å². The third-order valence-electron chi connectivity index (χ3n) is 5.84. The zero-order valence-electron chi connectivity index (χ0n) is 19.2. The van der Waals surface area contributed by atoms with Gasteiger partial charge >= 0.3 is 0 Å². The first-order valence-electron chi connectivity index (χ1n) is 10.7. The lowest BCUT2D eigenvalue weighted by atomic mass is 9.83. The number of hydrogen-bond acceptors (Lipinski definition) is 10. The average molecular weight is 466 g/mol. The molecule has 0 saturated heterocycles.